The second kappa shape index (κ2) is 10.6. The number of halogens is 2. The first-order valence-corrected chi connectivity index (χ1v) is 12.8. The van der Waals surface area contributed by atoms with E-state index in [0.29, 0.717) is 29.0 Å². The van der Waals surface area contributed by atoms with Crippen molar-refractivity contribution in [2.75, 3.05) is 26.3 Å². The smallest absolute Gasteiger partial charge is 0.278 e. The van der Waals surface area contributed by atoms with Crippen molar-refractivity contribution >= 4 is 41.0 Å². The highest BCUT2D eigenvalue weighted by atomic mass is 35.5. The minimum absolute atomic E-state index is 0.0101. The van der Waals surface area contributed by atoms with Crippen LogP contribution in [0.5, 0.6) is 0 Å². The molecule has 1 saturated carbocycles. The average molecular weight is 498 g/mol. The van der Waals surface area contributed by atoms with Crippen LogP contribution in [0.2, 0.25) is 10.0 Å². The zero-order chi connectivity index (χ0) is 23.5. The van der Waals surface area contributed by atoms with Crippen LogP contribution in [0.15, 0.2) is 59.2 Å². The van der Waals surface area contributed by atoms with E-state index in [2.05, 4.69) is 17.0 Å². The van der Waals surface area contributed by atoms with Crippen LogP contribution in [-0.4, -0.2) is 53.9 Å². The number of rotatable bonds is 5. The lowest BCUT2D eigenvalue weighted by Crippen LogP contribution is -2.50. The molecule has 5 nitrogen and oxygen atoms in total. The highest BCUT2D eigenvalue weighted by molar-refractivity contribution is 6.30. The Morgan fingerprint density at radius 3 is 2.18 bits per heavy atom. The molecule has 2 aromatic carbocycles. The Morgan fingerprint density at radius 2 is 1.53 bits per heavy atom. The quantitative estimate of drug-likeness (QED) is 0.477. The maximum Gasteiger partial charge on any atom is 0.278 e. The van der Waals surface area contributed by atoms with E-state index in [1.807, 2.05) is 47.4 Å². The zero-order valence-electron chi connectivity index (χ0n) is 19.1. The molecule has 1 unspecified atom stereocenters. The van der Waals surface area contributed by atoms with Crippen molar-refractivity contribution in [1.82, 2.24) is 9.80 Å². The van der Waals surface area contributed by atoms with Crippen molar-refractivity contribution in [3.05, 3.63) is 75.4 Å². The van der Waals surface area contributed by atoms with E-state index in [9.17, 15) is 4.79 Å². The highest BCUT2D eigenvalue weighted by Gasteiger charge is 2.42. The third kappa shape index (κ3) is 5.08. The summed E-state index contributed by atoms with van der Waals surface area (Å²) in [4.78, 5) is 23.2. The molecule has 0 radical (unpaired) electrons. The topological polar surface area (TPSA) is 45.1 Å². The number of hydrogen-bond acceptors (Lipinski definition) is 4. The standard InChI is InChI=1S/C27H29Cl2N3O2/c28-21-10-6-19(7-11-21)18-24-27(33)32(23-4-2-1-3-5-23)26(30-24)25(31-14-16-34-17-15-31)20-8-12-22(29)13-9-20/h6-13,18,23,25H,1-5,14-17H2/b24-18-. The van der Waals surface area contributed by atoms with Crippen molar-refractivity contribution < 1.29 is 9.53 Å². The fourth-order valence-electron chi connectivity index (χ4n) is 5.15. The number of ether oxygens (including phenoxy) is 1. The molecule has 3 aliphatic rings. The molecule has 2 fully saturated rings. The molecule has 7 heteroatoms. The summed E-state index contributed by atoms with van der Waals surface area (Å²) >= 11 is 12.3. The minimum Gasteiger partial charge on any atom is -0.379 e. The molecule has 1 atom stereocenters. The molecule has 0 spiro atoms. The molecule has 0 bridgehead atoms. The largest absolute Gasteiger partial charge is 0.379 e. The van der Waals surface area contributed by atoms with Crippen molar-refractivity contribution in [3.8, 4) is 0 Å². The van der Waals surface area contributed by atoms with Crippen molar-refractivity contribution in [2.24, 2.45) is 4.99 Å². The van der Waals surface area contributed by atoms with E-state index in [0.717, 1.165) is 55.7 Å². The van der Waals surface area contributed by atoms with Gasteiger partial charge in [-0.3, -0.25) is 14.6 Å². The van der Waals surface area contributed by atoms with Crippen LogP contribution < -0.4 is 0 Å². The maximum absolute atomic E-state index is 13.8. The van der Waals surface area contributed by atoms with Crippen LogP contribution >= 0.6 is 23.2 Å². The lowest BCUT2D eigenvalue weighted by Gasteiger charge is -2.39. The number of morpholine rings is 1. The van der Waals surface area contributed by atoms with Crippen molar-refractivity contribution in [1.29, 1.82) is 0 Å². The lowest BCUT2D eigenvalue weighted by molar-refractivity contribution is -0.124. The van der Waals surface area contributed by atoms with Gasteiger partial charge in [-0.15, -0.1) is 0 Å². The number of amides is 1. The molecule has 2 heterocycles. The van der Waals surface area contributed by atoms with Crippen molar-refractivity contribution in [2.45, 2.75) is 44.2 Å². The normalized spacial score (nSPS) is 22.3. The Balaban J connectivity index is 1.59. The minimum atomic E-state index is -0.136. The van der Waals surface area contributed by atoms with Gasteiger partial charge < -0.3 is 4.74 Å². The van der Waals surface area contributed by atoms with Gasteiger partial charge >= 0.3 is 0 Å². The summed E-state index contributed by atoms with van der Waals surface area (Å²) in [6.45, 7) is 2.91. The van der Waals surface area contributed by atoms with Gasteiger partial charge in [0.15, 0.2) is 0 Å². The fraction of sp³-hybridized carbons (Fsp3) is 0.407. The summed E-state index contributed by atoms with van der Waals surface area (Å²) < 4.78 is 5.64. The number of carbonyl (C=O) groups is 1. The third-order valence-electron chi connectivity index (χ3n) is 6.87. The van der Waals surface area contributed by atoms with Gasteiger partial charge in [-0.1, -0.05) is 66.7 Å². The van der Waals surface area contributed by atoms with Gasteiger partial charge in [0.05, 0.1) is 19.3 Å². The van der Waals surface area contributed by atoms with Gasteiger partial charge in [-0.25, -0.2) is 4.99 Å². The van der Waals surface area contributed by atoms with Crippen LogP contribution in [0, 0.1) is 0 Å². The number of amidine groups is 1. The highest BCUT2D eigenvalue weighted by Crippen LogP contribution is 2.36. The predicted octanol–water partition coefficient (Wildman–Crippen LogP) is 5.98. The van der Waals surface area contributed by atoms with Crippen LogP contribution in [0.3, 0.4) is 0 Å². The Kier molecular flexibility index (Phi) is 7.35. The molecule has 2 aliphatic heterocycles. The Bertz CT molecular complexity index is 1070. The van der Waals surface area contributed by atoms with Crippen LogP contribution in [0.1, 0.15) is 49.3 Å². The second-order valence-corrected chi connectivity index (χ2v) is 9.99. The van der Waals surface area contributed by atoms with E-state index in [1.165, 1.54) is 6.42 Å². The van der Waals surface area contributed by atoms with E-state index < -0.39 is 0 Å². The molecule has 2 aromatic rings. The molecular weight excluding hydrogens is 469 g/mol. The van der Waals surface area contributed by atoms with Crippen molar-refractivity contribution in [3.63, 3.8) is 0 Å². The molecule has 1 saturated heterocycles. The third-order valence-corrected chi connectivity index (χ3v) is 7.38. The average Bonchev–Trinajstić information content (AvgIpc) is 3.18. The molecule has 0 N–H and O–H groups in total. The number of hydrogen-bond donors (Lipinski definition) is 0. The van der Waals surface area contributed by atoms with E-state index in [4.69, 9.17) is 32.9 Å². The first-order valence-electron chi connectivity index (χ1n) is 12.1. The van der Waals surface area contributed by atoms with Crippen LogP contribution in [0.4, 0.5) is 0 Å². The number of aliphatic imine (C=N–C) groups is 1. The summed E-state index contributed by atoms with van der Waals surface area (Å²) in [7, 11) is 0. The van der Waals surface area contributed by atoms with Gasteiger partial charge in [-0.2, -0.15) is 0 Å². The van der Waals surface area contributed by atoms with Gasteiger partial charge in [-0.05, 0) is 54.3 Å². The Hall–Kier alpha value is -2.18. The molecule has 1 aliphatic carbocycles. The second-order valence-electron chi connectivity index (χ2n) is 9.12. The maximum atomic E-state index is 13.8. The number of nitrogens with zero attached hydrogens (tertiary/aromatic N) is 3. The lowest BCUT2D eigenvalue weighted by atomic mass is 9.93. The molecule has 178 valence electrons. The van der Waals surface area contributed by atoms with Crippen LogP contribution in [-0.2, 0) is 9.53 Å². The van der Waals surface area contributed by atoms with E-state index in [-0.39, 0.29) is 18.0 Å². The first kappa shape index (κ1) is 23.6. The van der Waals surface area contributed by atoms with E-state index in [1.54, 1.807) is 0 Å². The fourth-order valence-corrected chi connectivity index (χ4v) is 5.40. The summed E-state index contributed by atoms with van der Waals surface area (Å²) in [5, 5.41) is 1.37. The summed E-state index contributed by atoms with van der Waals surface area (Å²) in [5.74, 6) is 0.811. The van der Waals surface area contributed by atoms with Crippen LogP contribution in [0.25, 0.3) is 6.08 Å². The molecule has 1 amide bonds. The molecule has 0 aromatic heterocycles. The number of carbonyl (C=O) groups excluding carboxylic acids is 1. The predicted molar refractivity (Wildman–Crippen MR) is 137 cm³/mol. The molecular formula is C27H29Cl2N3O2. The SMILES string of the molecule is O=C1/C(=C/c2ccc(Cl)cc2)N=C(C(c2ccc(Cl)cc2)N2CCOCC2)N1C1CCCCC1. The van der Waals surface area contributed by atoms with Gasteiger partial charge in [0.2, 0.25) is 0 Å². The number of benzene rings is 2. The molecule has 34 heavy (non-hydrogen) atoms. The zero-order valence-corrected chi connectivity index (χ0v) is 20.6. The van der Waals surface area contributed by atoms with E-state index >= 15 is 0 Å². The van der Waals surface area contributed by atoms with Gasteiger partial charge in [0.25, 0.3) is 5.91 Å². The first-order chi connectivity index (χ1) is 16.6. The summed E-state index contributed by atoms with van der Waals surface area (Å²) in [6.07, 6.45) is 7.40. The Morgan fingerprint density at radius 1 is 0.912 bits per heavy atom. The Labute approximate surface area is 211 Å². The van der Waals surface area contributed by atoms with Gasteiger partial charge in [0.1, 0.15) is 11.5 Å². The molecule has 5 rings (SSSR count). The summed E-state index contributed by atoms with van der Waals surface area (Å²) in [6, 6.07) is 15.5. The monoisotopic (exact) mass is 497 g/mol. The van der Waals surface area contributed by atoms with Gasteiger partial charge in [0, 0.05) is 29.2 Å². The summed E-state index contributed by atoms with van der Waals surface area (Å²) in [5.41, 5.74) is 2.48.